The summed E-state index contributed by atoms with van der Waals surface area (Å²) in [4.78, 5) is 35.8. The van der Waals surface area contributed by atoms with Crippen LogP contribution in [0.15, 0.2) is 48.8 Å². The highest BCUT2D eigenvalue weighted by atomic mass is 16.5. The second kappa shape index (κ2) is 7.40. The average Bonchev–Trinajstić information content (AvgIpc) is 3.13. The normalized spacial score (nSPS) is 11.6. The Morgan fingerprint density at radius 2 is 1.74 bits per heavy atom. The van der Waals surface area contributed by atoms with E-state index in [2.05, 4.69) is 10.1 Å². The van der Waals surface area contributed by atoms with E-state index in [9.17, 15) is 14.4 Å². The van der Waals surface area contributed by atoms with Gasteiger partial charge in [0.15, 0.2) is 11.8 Å². The molecule has 1 aromatic heterocycles. The molecule has 1 aromatic carbocycles. The number of nitrogens with zero attached hydrogens (tertiary/aromatic N) is 1. The van der Waals surface area contributed by atoms with Crippen LogP contribution in [0.5, 0.6) is 0 Å². The molecule has 0 aliphatic rings. The fourth-order valence-electron chi connectivity index (χ4n) is 2.08. The molecule has 0 bridgehead atoms. The van der Waals surface area contributed by atoms with Gasteiger partial charge in [-0.3, -0.25) is 9.59 Å². The van der Waals surface area contributed by atoms with Crippen molar-refractivity contribution < 1.29 is 19.1 Å². The van der Waals surface area contributed by atoms with Crippen LogP contribution in [-0.4, -0.2) is 35.4 Å². The summed E-state index contributed by atoms with van der Waals surface area (Å²) in [6, 6.07) is 9.23. The topological polar surface area (TPSA) is 77.4 Å². The third-order valence-electron chi connectivity index (χ3n) is 3.38. The lowest BCUT2D eigenvalue weighted by Gasteiger charge is -2.15. The second-order valence-corrected chi connectivity index (χ2v) is 4.88. The zero-order chi connectivity index (χ0) is 16.8. The molecule has 0 aliphatic heterocycles. The number of amides is 1. The quantitative estimate of drug-likeness (QED) is 0.500. The van der Waals surface area contributed by atoms with Gasteiger partial charge in [0.25, 0.3) is 0 Å². The summed E-state index contributed by atoms with van der Waals surface area (Å²) in [5.41, 5.74) is 1.21. The minimum Gasteiger partial charge on any atom is -0.467 e. The molecule has 2 aromatic rings. The number of benzene rings is 1. The lowest BCUT2D eigenvalue weighted by molar-refractivity contribution is -0.143. The SMILES string of the molecule is CCC(=O)NC(C(=O)OC)C(=O)c1ccc(-n2cccc2)cc1. The summed E-state index contributed by atoms with van der Waals surface area (Å²) in [7, 11) is 1.18. The van der Waals surface area contributed by atoms with Gasteiger partial charge in [-0.2, -0.15) is 0 Å². The van der Waals surface area contributed by atoms with Crippen LogP contribution in [0, 0.1) is 0 Å². The van der Waals surface area contributed by atoms with Gasteiger partial charge in [-0.05, 0) is 36.4 Å². The van der Waals surface area contributed by atoms with E-state index >= 15 is 0 Å². The highest BCUT2D eigenvalue weighted by molar-refractivity contribution is 6.13. The fourth-order valence-corrected chi connectivity index (χ4v) is 2.08. The molecule has 0 radical (unpaired) electrons. The zero-order valence-electron chi connectivity index (χ0n) is 13.0. The number of ketones is 1. The molecule has 23 heavy (non-hydrogen) atoms. The van der Waals surface area contributed by atoms with Gasteiger partial charge in [0.2, 0.25) is 5.91 Å². The monoisotopic (exact) mass is 314 g/mol. The molecule has 0 saturated heterocycles. The molecule has 2 rings (SSSR count). The first-order valence-electron chi connectivity index (χ1n) is 7.21. The summed E-state index contributed by atoms with van der Waals surface area (Å²) >= 11 is 0. The molecular weight excluding hydrogens is 296 g/mol. The Balaban J connectivity index is 2.22. The smallest absolute Gasteiger partial charge is 0.336 e. The van der Waals surface area contributed by atoms with Crippen LogP contribution in [0.3, 0.4) is 0 Å². The lowest BCUT2D eigenvalue weighted by Crippen LogP contribution is -2.46. The van der Waals surface area contributed by atoms with Crippen LogP contribution in [0.1, 0.15) is 23.7 Å². The number of rotatable bonds is 6. The van der Waals surface area contributed by atoms with Gasteiger partial charge in [0.1, 0.15) is 0 Å². The van der Waals surface area contributed by atoms with E-state index in [1.165, 1.54) is 7.11 Å². The molecule has 1 atom stereocenters. The minimum absolute atomic E-state index is 0.174. The Morgan fingerprint density at radius 3 is 2.26 bits per heavy atom. The standard InChI is InChI=1S/C17H18N2O4/c1-3-14(20)18-15(17(22)23-2)16(21)12-6-8-13(9-7-12)19-10-4-5-11-19/h4-11,15H,3H2,1-2H3,(H,18,20). The number of ether oxygens (including phenoxy) is 1. The largest absolute Gasteiger partial charge is 0.467 e. The Morgan fingerprint density at radius 1 is 1.13 bits per heavy atom. The lowest BCUT2D eigenvalue weighted by atomic mass is 10.0. The molecule has 1 N–H and O–H groups in total. The molecule has 1 amide bonds. The van der Waals surface area contributed by atoms with Gasteiger partial charge in [0, 0.05) is 30.1 Å². The third kappa shape index (κ3) is 3.85. The first-order chi connectivity index (χ1) is 11.1. The number of hydrogen-bond acceptors (Lipinski definition) is 4. The maximum absolute atomic E-state index is 12.5. The minimum atomic E-state index is -1.33. The summed E-state index contributed by atoms with van der Waals surface area (Å²) in [6.45, 7) is 1.64. The molecule has 0 fully saturated rings. The predicted molar refractivity (Wildman–Crippen MR) is 84.3 cm³/mol. The first kappa shape index (κ1) is 16.5. The van der Waals surface area contributed by atoms with Crippen molar-refractivity contribution in [2.45, 2.75) is 19.4 Å². The molecular formula is C17H18N2O4. The number of Topliss-reactive ketones (excluding diaryl/α,β-unsaturated/α-hetero) is 1. The van der Waals surface area contributed by atoms with Gasteiger partial charge in [-0.25, -0.2) is 4.79 Å². The summed E-state index contributed by atoms with van der Waals surface area (Å²) in [5.74, 6) is -1.68. The number of hydrogen-bond donors (Lipinski definition) is 1. The van der Waals surface area contributed by atoms with E-state index in [4.69, 9.17) is 0 Å². The van der Waals surface area contributed by atoms with E-state index in [0.29, 0.717) is 5.56 Å². The average molecular weight is 314 g/mol. The van der Waals surface area contributed by atoms with E-state index < -0.39 is 23.7 Å². The van der Waals surface area contributed by atoms with Gasteiger partial charge in [-0.15, -0.1) is 0 Å². The number of aromatic nitrogens is 1. The second-order valence-electron chi connectivity index (χ2n) is 4.88. The van der Waals surface area contributed by atoms with E-state index in [0.717, 1.165) is 5.69 Å². The van der Waals surface area contributed by atoms with Crippen molar-refractivity contribution in [3.63, 3.8) is 0 Å². The van der Waals surface area contributed by atoms with Crippen LogP contribution in [-0.2, 0) is 14.3 Å². The van der Waals surface area contributed by atoms with Crippen molar-refractivity contribution >= 4 is 17.7 Å². The van der Waals surface area contributed by atoms with Crippen molar-refractivity contribution in [1.29, 1.82) is 0 Å². The highest BCUT2D eigenvalue weighted by Gasteiger charge is 2.29. The van der Waals surface area contributed by atoms with E-state index in [1.807, 2.05) is 29.1 Å². The van der Waals surface area contributed by atoms with Gasteiger partial charge in [0.05, 0.1) is 7.11 Å². The van der Waals surface area contributed by atoms with Crippen molar-refractivity contribution in [3.05, 3.63) is 54.4 Å². The molecule has 1 heterocycles. The van der Waals surface area contributed by atoms with Crippen LogP contribution in [0.25, 0.3) is 5.69 Å². The maximum atomic E-state index is 12.5. The molecule has 120 valence electrons. The Kier molecular flexibility index (Phi) is 5.30. The zero-order valence-corrected chi connectivity index (χ0v) is 13.0. The number of nitrogens with one attached hydrogen (secondary N) is 1. The number of esters is 1. The molecule has 0 spiro atoms. The number of carbonyl (C=O) groups excluding carboxylic acids is 3. The molecule has 6 nitrogen and oxygen atoms in total. The van der Waals surface area contributed by atoms with E-state index in [-0.39, 0.29) is 6.42 Å². The number of carbonyl (C=O) groups is 3. The Bertz CT molecular complexity index is 690. The van der Waals surface area contributed by atoms with Crippen LogP contribution in [0.2, 0.25) is 0 Å². The van der Waals surface area contributed by atoms with Gasteiger partial charge < -0.3 is 14.6 Å². The Hall–Kier alpha value is -2.89. The van der Waals surface area contributed by atoms with Crippen LogP contribution in [0.4, 0.5) is 0 Å². The summed E-state index contributed by atoms with van der Waals surface area (Å²) in [6.07, 6.45) is 3.94. The van der Waals surface area contributed by atoms with E-state index in [1.54, 1.807) is 31.2 Å². The number of methoxy groups -OCH3 is 1. The first-order valence-corrected chi connectivity index (χ1v) is 7.21. The summed E-state index contributed by atoms with van der Waals surface area (Å²) < 4.78 is 6.50. The van der Waals surface area contributed by atoms with Crippen LogP contribution < -0.4 is 5.32 Å². The van der Waals surface area contributed by atoms with Crippen molar-refractivity contribution in [2.75, 3.05) is 7.11 Å². The maximum Gasteiger partial charge on any atom is 0.336 e. The summed E-state index contributed by atoms with van der Waals surface area (Å²) in [5, 5.41) is 2.39. The highest BCUT2D eigenvalue weighted by Crippen LogP contribution is 2.12. The van der Waals surface area contributed by atoms with Gasteiger partial charge >= 0.3 is 5.97 Å². The molecule has 0 saturated carbocycles. The van der Waals surface area contributed by atoms with Gasteiger partial charge in [-0.1, -0.05) is 6.92 Å². The van der Waals surface area contributed by atoms with Crippen molar-refractivity contribution in [2.24, 2.45) is 0 Å². The molecule has 6 heteroatoms. The van der Waals surface area contributed by atoms with Crippen molar-refractivity contribution in [3.8, 4) is 5.69 Å². The third-order valence-corrected chi connectivity index (χ3v) is 3.38. The fraction of sp³-hybridized carbons (Fsp3) is 0.235. The molecule has 0 aliphatic carbocycles. The van der Waals surface area contributed by atoms with Crippen LogP contribution >= 0.6 is 0 Å². The molecule has 1 unspecified atom stereocenters. The van der Waals surface area contributed by atoms with Crippen molar-refractivity contribution in [1.82, 2.24) is 9.88 Å². The predicted octanol–water partition coefficient (Wildman–Crippen LogP) is 1.73. The Labute approximate surface area is 134 Å².